The van der Waals surface area contributed by atoms with E-state index in [1.807, 2.05) is 6.92 Å². The summed E-state index contributed by atoms with van der Waals surface area (Å²) >= 11 is 0. The van der Waals surface area contributed by atoms with Crippen molar-refractivity contribution >= 4 is 0 Å². The number of rotatable bonds is 12. The van der Waals surface area contributed by atoms with Crippen LogP contribution >= 0.6 is 0 Å². The van der Waals surface area contributed by atoms with Gasteiger partial charge in [0.05, 0.1) is 6.61 Å². The zero-order valence-corrected chi connectivity index (χ0v) is 11.4. The van der Waals surface area contributed by atoms with Crippen LogP contribution in [0.2, 0.25) is 0 Å². The third-order valence-electron chi connectivity index (χ3n) is 2.71. The Hall–Kier alpha value is -0.120. The normalized spacial score (nSPS) is 11.2. The molecule has 3 heteroatoms. The molecule has 0 unspecified atom stereocenters. The highest BCUT2D eigenvalue weighted by Gasteiger charge is 1.97. The van der Waals surface area contributed by atoms with Gasteiger partial charge in [0, 0.05) is 13.2 Å². The maximum atomic E-state index is 5.33. The summed E-state index contributed by atoms with van der Waals surface area (Å²) in [5.74, 6) is 0. The number of likely N-dealkylation sites (N-methyl/N-ethyl adjacent to an activating group) is 1. The van der Waals surface area contributed by atoms with E-state index >= 15 is 0 Å². The molecule has 0 aromatic carbocycles. The fraction of sp³-hybridized carbons (Fsp3) is 1.00. The lowest BCUT2D eigenvalue weighted by Crippen LogP contribution is -2.24. The van der Waals surface area contributed by atoms with Gasteiger partial charge >= 0.3 is 0 Å². The quantitative estimate of drug-likeness (QED) is 0.520. The first-order chi connectivity index (χ1) is 7.81. The van der Waals surface area contributed by atoms with Crippen LogP contribution in [0.1, 0.15) is 39.5 Å². The zero-order valence-electron chi connectivity index (χ0n) is 11.4. The van der Waals surface area contributed by atoms with Gasteiger partial charge < -0.3 is 15.0 Å². The summed E-state index contributed by atoms with van der Waals surface area (Å²) in [5.41, 5.74) is 0. The second kappa shape index (κ2) is 12.9. The molecule has 0 aliphatic carbocycles. The van der Waals surface area contributed by atoms with E-state index in [1.165, 1.54) is 38.8 Å². The average molecular weight is 230 g/mol. The number of ether oxygens (including phenoxy) is 1. The van der Waals surface area contributed by atoms with Crippen molar-refractivity contribution in [3.8, 4) is 0 Å². The highest BCUT2D eigenvalue weighted by molar-refractivity contribution is 4.53. The minimum absolute atomic E-state index is 0.832. The van der Waals surface area contributed by atoms with Gasteiger partial charge in [-0.05, 0) is 46.4 Å². The van der Waals surface area contributed by atoms with Crippen LogP contribution < -0.4 is 5.32 Å². The first-order valence-electron chi connectivity index (χ1n) is 6.78. The maximum absolute atomic E-state index is 5.33. The highest BCUT2D eigenvalue weighted by Crippen LogP contribution is 2.00. The van der Waals surface area contributed by atoms with Crippen molar-refractivity contribution < 1.29 is 4.74 Å². The minimum Gasteiger partial charge on any atom is -0.380 e. The topological polar surface area (TPSA) is 24.5 Å². The Morgan fingerprint density at radius 2 is 1.75 bits per heavy atom. The van der Waals surface area contributed by atoms with Crippen LogP contribution in [0, 0.1) is 0 Å². The zero-order chi connectivity index (χ0) is 12.1. The molecule has 0 aliphatic heterocycles. The van der Waals surface area contributed by atoms with Crippen LogP contribution in [-0.2, 0) is 4.74 Å². The molecule has 0 bridgehead atoms. The minimum atomic E-state index is 0.832. The second-order valence-corrected chi connectivity index (χ2v) is 4.27. The van der Waals surface area contributed by atoms with Crippen LogP contribution in [0.3, 0.4) is 0 Å². The Labute approximate surface area is 102 Å². The van der Waals surface area contributed by atoms with Crippen LogP contribution in [0.15, 0.2) is 0 Å². The highest BCUT2D eigenvalue weighted by atomic mass is 16.5. The average Bonchev–Trinajstić information content (AvgIpc) is 2.28. The van der Waals surface area contributed by atoms with Crippen LogP contribution in [-0.4, -0.2) is 51.3 Å². The van der Waals surface area contributed by atoms with Gasteiger partial charge in [0.1, 0.15) is 0 Å². The second-order valence-electron chi connectivity index (χ2n) is 4.27. The molecule has 0 rings (SSSR count). The fourth-order valence-corrected chi connectivity index (χ4v) is 1.64. The molecule has 0 radical (unpaired) electrons. The van der Waals surface area contributed by atoms with E-state index in [-0.39, 0.29) is 0 Å². The third kappa shape index (κ3) is 12.0. The molecule has 0 fully saturated rings. The molecule has 16 heavy (non-hydrogen) atoms. The summed E-state index contributed by atoms with van der Waals surface area (Å²) in [5, 5.41) is 3.36. The molecule has 0 aliphatic rings. The van der Waals surface area contributed by atoms with E-state index < -0.39 is 0 Å². The number of hydrogen-bond donors (Lipinski definition) is 1. The van der Waals surface area contributed by atoms with Gasteiger partial charge in [0.2, 0.25) is 0 Å². The van der Waals surface area contributed by atoms with Gasteiger partial charge in [-0.15, -0.1) is 0 Å². The summed E-state index contributed by atoms with van der Waals surface area (Å²) in [6, 6.07) is 0. The lowest BCUT2D eigenvalue weighted by atomic mass is 10.2. The van der Waals surface area contributed by atoms with E-state index in [2.05, 4.69) is 24.2 Å². The first-order valence-corrected chi connectivity index (χ1v) is 6.78. The SMILES string of the molecule is CCNCCCCCCN(C)CCOCC. The van der Waals surface area contributed by atoms with Crippen molar-refractivity contribution in [3.05, 3.63) is 0 Å². The maximum Gasteiger partial charge on any atom is 0.0593 e. The van der Waals surface area contributed by atoms with Crippen molar-refractivity contribution in [2.75, 3.05) is 46.4 Å². The summed E-state index contributed by atoms with van der Waals surface area (Å²) in [6.45, 7) is 10.4. The largest absolute Gasteiger partial charge is 0.380 e. The van der Waals surface area contributed by atoms with Gasteiger partial charge in [0.25, 0.3) is 0 Å². The van der Waals surface area contributed by atoms with Crippen molar-refractivity contribution in [3.63, 3.8) is 0 Å². The lowest BCUT2D eigenvalue weighted by Gasteiger charge is -2.16. The molecule has 0 heterocycles. The molecular weight excluding hydrogens is 200 g/mol. The summed E-state index contributed by atoms with van der Waals surface area (Å²) < 4.78 is 5.33. The Morgan fingerprint density at radius 1 is 1.00 bits per heavy atom. The number of unbranched alkanes of at least 4 members (excludes halogenated alkanes) is 3. The van der Waals surface area contributed by atoms with Crippen LogP contribution in [0.25, 0.3) is 0 Å². The van der Waals surface area contributed by atoms with E-state index in [0.717, 1.165) is 26.3 Å². The van der Waals surface area contributed by atoms with Crippen molar-refractivity contribution in [2.45, 2.75) is 39.5 Å². The molecule has 0 saturated carbocycles. The molecule has 98 valence electrons. The molecule has 0 amide bonds. The summed E-state index contributed by atoms with van der Waals surface area (Å²) in [4.78, 5) is 2.36. The predicted octanol–water partition coefficient (Wildman–Crippen LogP) is 2.12. The van der Waals surface area contributed by atoms with Crippen LogP contribution in [0.4, 0.5) is 0 Å². The fourth-order valence-electron chi connectivity index (χ4n) is 1.64. The van der Waals surface area contributed by atoms with Gasteiger partial charge in [-0.1, -0.05) is 19.8 Å². The third-order valence-corrected chi connectivity index (χ3v) is 2.71. The summed E-state index contributed by atoms with van der Waals surface area (Å²) in [7, 11) is 2.18. The van der Waals surface area contributed by atoms with E-state index in [4.69, 9.17) is 4.74 Å². The van der Waals surface area contributed by atoms with Gasteiger partial charge in [-0.3, -0.25) is 0 Å². The Balaban J connectivity index is 3.06. The summed E-state index contributed by atoms with van der Waals surface area (Å²) in [6.07, 6.45) is 5.34. The first kappa shape index (κ1) is 15.9. The molecule has 0 spiro atoms. The van der Waals surface area contributed by atoms with Gasteiger partial charge in [-0.25, -0.2) is 0 Å². The Kier molecular flexibility index (Phi) is 12.9. The van der Waals surface area contributed by atoms with Crippen molar-refractivity contribution in [1.82, 2.24) is 10.2 Å². The number of hydrogen-bond acceptors (Lipinski definition) is 3. The Bertz CT molecular complexity index is 131. The molecular formula is C13H30N2O. The standard InChI is InChI=1S/C13H30N2O/c1-4-14-10-8-6-7-9-11-15(3)12-13-16-5-2/h14H,4-13H2,1-3H3. The van der Waals surface area contributed by atoms with E-state index in [1.54, 1.807) is 0 Å². The van der Waals surface area contributed by atoms with E-state index in [0.29, 0.717) is 0 Å². The molecule has 1 N–H and O–H groups in total. The van der Waals surface area contributed by atoms with E-state index in [9.17, 15) is 0 Å². The predicted molar refractivity (Wildman–Crippen MR) is 71.0 cm³/mol. The number of nitrogens with zero attached hydrogens (tertiary/aromatic N) is 1. The molecule has 0 aromatic rings. The molecule has 0 saturated heterocycles. The van der Waals surface area contributed by atoms with Crippen molar-refractivity contribution in [2.24, 2.45) is 0 Å². The van der Waals surface area contributed by atoms with Crippen molar-refractivity contribution in [1.29, 1.82) is 0 Å². The number of nitrogens with one attached hydrogen (secondary N) is 1. The molecule has 0 atom stereocenters. The lowest BCUT2D eigenvalue weighted by molar-refractivity contribution is 0.121. The monoisotopic (exact) mass is 230 g/mol. The smallest absolute Gasteiger partial charge is 0.0593 e. The molecule has 3 nitrogen and oxygen atoms in total. The Morgan fingerprint density at radius 3 is 2.44 bits per heavy atom. The van der Waals surface area contributed by atoms with Gasteiger partial charge in [-0.2, -0.15) is 0 Å². The molecule has 0 aromatic heterocycles. The van der Waals surface area contributed by atoms with Crippen LogP contribution in [0.5, 0.6) is 0 Å². The van der Waals surface area contributed by atoms with Gasteiger partial charge in [0.15, 0.2) is 0 Å².